The number of likely N-dealkylation sites (N-methyl/N-ethyl adjacent to an activating group) is 1. The van der Waals surface area contributed by atoms with Crippen molar-refractivity contribution in [1.82, 2.24) is 14.5 Å². The van der Waals surface area contributed by atoms with Gasteiger partial charge in [-0.2, -0.15) is 5.26 Å². The molecule has 4 nitrogen and oxygen atoms in total. The van der Waals surface area contributed by atoms with Gasteiger partial charge >= 0.3 is 0 Å². The number of imidazole rings is 1. The van der Waals surface area contributed by atoms with E-state index in [2.05, 4.69) is 16.0 Å². The van der Waals surface area contributed by atoms with E-state index in [4.69, 9.17) is 5.26 Å². The van der Waals surface area contributed by atoms with Crippen LogP contribution >= 0.6 is 0 Å². The molecular formula is C13H15FN4. The molecular weight excluding hydrogens is 231 g/mol. The van der Waals surface area contributed by atoms with Crippen LogP contribution in [0.25, 0.3) is 11.0 Å². The van der Waals surface area contributed by atoms with Gasteiger partial charge in [-0.05, 0) is 26.2 Å². The van der Waals surface area contributed by atoms with Crippen molar-refractivity contribution < 1.29 is 4.39 Å². The lowest BCUT2D eigenvalue weighted by molar-refractivity contribution is 0.384. The Hall–Kier alpha value is -1.93. The number of hydrogen-bond acceptors (Lipinski definition) is 3. The van der Waals surface area contributed by atoms with Crippen molar-refractivity contribution >= 4 is 11.0 Å². The Balaban J connectivity index is 2.45. The van der Waals surface area contributed by atoms with E-state index >= 15 is 0 Å². The van der Waals surface area contributed by atoms with Crippen LogP contribution in [0.2, 0.25) is 0 Å². The highest BCUT2D eigenvalue weighted by Gasteiger charge is 2.11. The second-order valence-electron chi connectivity index (χ2n) is 4.45. The minimum Gasteiger partial charge on any atom is -0.326 e. The first kappa shape index (κ1) is 12.5. The van der Waals surface area contributed by atoms with Gasteiger partial charge in [0, 0.05) is 19.2 Å². The quantitative estimate of drug-likeness (QED) is 0.826. The Morgan fingerprint density at radius 1 is 1.44 bits per heavy atom. The first-order chi connectivity index (χ1) is 8.61. The van der Waals surface area contributed by atoms with Crippen molar-refractivity contribution in [3.63, 3.8) is 0 Å². The number of halogens is 1. The number of rotatable bonds is 4. The molecule has 0 aliphatic carbocycles. The fraction of sp³-hybridized carbons (Fsp3) is 0.385. The average Bonchev–Trinajstić information content (AvgIpc) is 2.63. The van der Waals surface area contributed by atoms with Crippen LogP contribution in [-0.2, 0) is 13.0 Å². The first-order valence-electron chi connectivity index (χ1n) is 5.78. The summed E-state index contributed by atoms with van der Waals surface area (Å²) in [6.07, 6.45) is 0.240. The molecule has 0 atom stereocenters. The van der Waals surface area contributed by atoms with Crippen LogP contribution in [0.3, 0.4) is 0 Å². The number of fused-ring (bicyclic) bond motifs is 1. The zero-order valence-corrected chi connectivity index (χ0v) is 10.5. The van der Waals surface area contributed by atoms with E-state index in [1.165, 1.54) is 12.1 Å². The molecule has 0 saturated heterocycles. The summed E-state index contributed by atoms with van der Waals surface area (Å²) in [7, 11) is 3.98. The molecule has 0 amide bonds. The summed E-state index contributed by atoms with van der Waals surface area (Å²) in [5.74, 6) is 0.392. The third kappa shape index (κ3) is 2.49. The maximum Gasteiger partial charge on any atom is 0.125 e. The molecule has 5 heteroatoms. The summed E-state index contributed by atoms with van der Waals surface area (Å²) < 4.78 is 15.1. The molecule has 0 bridgehead atoms. The van der Waals surface area contributed by atoms with Crippen LogP contribution in [0.15, 0.2) is 18.2 Å². The summed E-state index contributed by atoms with van der Waals surface area (Å²) in [6.45, 7) is 1.59. The molecule has 94 valence electrons. The van der Waals surface area contributed by atoms with E-state index in [1.54, 1.807) is 6.07 Å². The van der Waals surface area contributed by atoms with Crippen molar-refractivity contribution in [2.24, 2.45) is 0 Å². The van der Waals surface area contributed by atoms with Gasteiger partial charge in [0.2, 0.25) is 0 Å². The number of benzene rings is 1. The van der Waals surface area contributed by atoms with E-state index in [1.807, 2.05) is 18.7 Å². The van der Waals surface area contributed by atoms with Crippen molar-refractivity contribution in [3.05, 3.63) is 29.8 Å². The summed E-state index contributed by atoms with van der Waals surface area (Å²) in [6, 6.07) is 6.64. The van der Waals surface area contributed by atoms with Crippen LogP contribution in [0, 0.1) is 17.1 Å². The molecule has 0 fully saturated rings. The standard InChI is InChI=1S/C13H15FN4/c1-17(2)7-8-18-12-4-3-10(14)9-11(12)16-13(18)5-6-15/h3-4,9H,5,7-8H2,1-2H3. The minimum atomic E-state index is -0.303. The van der Waals surface area contributed by atoms with Gasteiger partial charge in [-0.25, -0.2) is 9.37 Å². The van der Waals surface area contributed by atoms with Gasteiger partial charge in [-0.3, -0.25) is 0 Å². The molecule has 0 N–H and O–H groups in total. The lowest BCUT2D eigenvalue weighted by Crippen LogP contribution is -2.19. The first-order valence-corrected chi connectivity index (χ1v) is 5.78. The molecule has 0 saturated carbocycles. The minimum absolute atomic E-state index is 0.240. The van der Waals surface area contributed by atoms with E-state index in [0.717, 1.165) is 18.6 Å². The Kier molecular flexibility index (Phi) is 3.58. The highest BCUT2D eigenvalue weighted by Crippen LogP contribution is 2.18. The lowest BCUT2D eigenvalue weighted by atomic mass is 10.3. The molecule has 0 radical (unpaired) electrons. The zero-order chi connectivity index (χ0) is 13.1. The predicted octanol–water partition coefficient (Wildman–Crippen LogP) is 1.80. The van der Waals surface area contributed by atoms with Gasteiger partial charge in [-0.1, -0.05) is 0 Å². The molecule has 0 spiro atoms. The molecule has 2 rings (SSSR count). The Bertz CT molecular complexity index is 595. The molecule has 1 aromatic carbocycles. The second-order valence-corrected chi connectivity index (χ2v) is 4.45. The summed E-state index contributed by atoms with van der Waals surface area (Å²) in [5.41, 5.74) is 1.49. The number of nitriles is 1. The van der Waals surface area contributed by atoms with Gasteiger partial charge in [0.05, 0.1) is 23.5 Å². The number of nitrogens with zero attached hydrogens (tertiary/aromatic N) is 4. The van der Waals surface area contributed by atoms with Crippen LogP contribution < -0.4 is 0 Å². The van der Waals surface area contributed by atoms with Crippen molar-refractivity contribution in [1.29, 1.82) is 5.26 Å². The van der Waals surface area contributed by atoms with Gasteiger partial charge < -0.3 is 9.47 Å². The van der Waals surface area contributed by atoms with Gasteiger partial charge in [0.25, 0.3) is 0 Å². The molecule has 0 unspecified atom stereocenters. The van der Waals surface area contributed by atoms with E-state index in [9.17, 15) is 4.39 Å². The number of aromatic nitrogens is 2. The van der Waals surface area contributed by atoms with Gasteiger partial charge in [0.15, 0.2) is 0 Å². The van der Waals surface area contributed by atoms with Crippen LogP contribution in [0.5, 0.6) is 0 Å². The molecule has 2 aromatic rings. The van der Waals surface area contributed by atoms with Gasteiger partial charge in [0.1, 0.15) is 11.6 Å². The second kappa shape index (κ2) is 5.15. The van der Waals surface area contributed by atoms with Gasteiger partial charge in [-0.15, -0.1) is 0 Å². The fourth-order valence-corrected chi connectivity index (χ4v) is 1.91. The maximum atomic E-state index is 13.2. The molecule has 0 aliphatic rings. The summed E-state index contributed by atoms with van der Waals surface area (Å²) in [4.78, 5) is 6.38. The normalized spacial score (nSPS) is 11.1. The number of hydrogen-bond donors (Lipinski definition) is 0. The van der Waals surface area contributed by atoms with Crippen LogP contribution in [0.1, 0.15) is 5.82 Å². The predicted molar refractivity (Wildman–Crippen MR) is 67.6 cm³/mol. The highest BCUT2D eigenvalue weighted by molar-refractivity contribution is 5.76. The van der Waals surface area contributed by atoms with Crippen LogP contribution in [0.4, 0.5) is 4.39 Å². The smallest absolute Gasteiger partial charge is 0.125 e. The Morgan fingerprint density at radius 2 is 2.22 bits per heavy atom. The molecule has 18 heavy (non-hydrogen) atoms. The topological polar surface area (TPSA) is 44.9 Å². The molecule has 1 heterocycles. The third-order valence-electron chi connectivity index (χ3n) is 2.80. The zero-order valence-electron chi connectivity index (χ0n) is 10.5. The summed E-state index contributed by atoms with van der Waals surface area (Å²) >= 11 is 0. The van der Waals surface area contributed by atoms with Crippen molar-refractivity contribution in [3.8, 4) is 6.07 Å². The molecule has 1 aromatic heterocycles. The Labute approximate surface area is 105 Å². The monoisotopic (exact) mass is 246 g/mol. The summed E-state index contributed by atoms with van der Waals surface area (Å²) in [5, 5.41) is 8.81. The van der Waals surface area contributed by atoms with Crippen LogP contribution in [-0.4, -0.2) is 35.1 Å². The fourth-order valence-electron chi connectivity index (χ4n) is 1.91. The van der Waals surface area contributed by atoms with Crippen molar-refractivity contribution in [2.75, 3.05) is 20.6 Å². The largest absolute Gasteiger partial charge is 0.326 e. The third-order valence-corrected chi connectivity index (χ3v) is 2.80. The van der Waals surface area contributed by atoms with E-state index in [0.29, 0.717) is 11.3 Å². The van der Waals surface area contributed by atoms with E-state index in [-0.39, 0.29) is 12.2 Å². The molecule has 0 aliphatic heterocycles. The van der Waals surface area contributed by atoms with Crippen molar-refractivity contribution in [2.45, 2.75) is 13.0 Å². The Morgan fingerprint density at radius 3 is 2.89 bits per heavy atom. The lowest BCUT2D eigenvalue weighted by Gasteiger charge is -2.12. The average molecular weight is 246 g/mol. The van der Waals surface area contributed by atoms with E-state index < -0.39 is 0 Å². The SMILES string of the molecule is CN(C)CCn1c(CC#N)nc2cc(F)ccc21. The highest BCUT2D eigenvalue weighted by atomic mass is 19.1. The maximum absolute atomic E-state index is 13.2.